The molecular weight excluding hydrogens is 262 g/mol. The molecule has 0 radical (unpaired) electrons. The Balaban J connectivity index is 1.41. The van der Waals surface area contributed by atoms with E-state index in [0.29, 0.717) is 12.1 Å². The van der Waals surface area contributed by atoms with Crippen LogP contribution < -0.4 is 15.5 Å². The summed E-state index contributed by atoms with van der Waals surface area (Å²) in [5.41, 5.74) is 0. The van der Waals surface area contributed by atoms with Crippen LogP contribution in [0.25, 0.3) is 0 Å². The summed E-state index contributed by atoms with van der Waals surface area (Å²) >= 11 is 0. The second kappa shape index (κ2) is 7.18. The summed E-state index contributed by atoms with van der Waals surface area (Å²) in [6, 6.07) is 3.84. The summed E-state index contributed by atoms with van der Waals surface area (Å²) in [6.07, 6.45) is 9.94. The number of hydrogen-bond acceptors (Lipinski definition) is 5. The van der Waals surface area contributed by atoms with Crippen molar-refractivity contribution < 1.29 is 0 Å². The molecule has 2 saturated heterocycles. The van der Waals surface area contributed by atoms with E-state index in [1.807, 2.05) is 18.5 Å². The Morgan fingerprint density at radius 1 is 1.29 bits per heavy atom. The van der Waals surface area contributed by atoms with E-state index < -0.39 is 0 Å². The summed E-state index contributed by atoms with van der Waals surface area (Å²) in [5, 5.41) is 7.40. The Morgan fingerprint density at radius 2 is 2.05 bits per heavy atom. The Bertz CT molecular complexity index is 410. The number of hydrogen-bond donors (Lipinski definition) is 2. The zero-order valence-electron chi connectivity index (χ0n) is 13.0. The number of piperidine rings is 1. The molecule has 21 heavy (non-hydrogen) atoms. The molecule has 0 spiro atoms. The van der Waals surface area contributed by atoms with Gasteiger partial charge < -0.3 is 15.5 Å². The predicted octanol–water partition coefficient (Wildman–Crippen LogP) is 1.57. The van der Waals surface area contributed by atoms with Crippen molar-refractivity contribution in [3.63, 3.8) is 0 Å². The van der Waals surface area contributed by atoms with E-state index in [-0.39, 0.29) is 0 Å². The molecule has 3 heterocycles. The minimum Gasteiger partial charge on any atom is -0.341 e. The number of nitrogens with one attached hydrogen (secondary N) is 2. The SMILES string of the molecule is CC(CC1CCCN1)NC1CCN(c2ncccn2)CC1. The maximum Gasteiger partial charge on any atom is 0.225 e. The Morgan fingerprint density at radius 3 is 2.71 bits per heavy atom. The molecule has 2 atom stereocenters. The van der Waals surface area contributed by atoms with Gasteiger partial charge in [0.25, 0.3) is 0 Å². The first-order valence-electron chi connectivity index (χ1n) is 8.32. The Hall–Kier alpha value is -1.20. The highest BCUT2D eigenvalue weighted by Crippen LogP contribution is 2.17. The van der Waals surface area contributed by atoms with Gasteiger partial charge in [0.2, 0.25) is 5.95 Å². The van der Waals surface area contributed by atoms with Crippen molar-refractivity contribution in [2.45, 2.75) is 57.2 Å². The van der Waals surface area contributed by atoms with Gasteiger partial charge in [-0.25, -0.2) is 9.97 Å². The second-order valence-electron chi connectivity index (χ2n) is 6.41. The number of aromatic nitrogens is 2. The third kappa shape index (κ3) is 4.14. The molecular formula is C16H27N5. The molecule has 5 heteroatoms. The fraction of sp³-hybridized carbons (Fsp3) is 0.750. The van der Waals surface area contributed by atoms with Crippen molar-refractivity contribution in [3.8, 4) is 0 Å². The molecule has 0 aromatic carbocycles. The molecule has 116 valence electrons. The summed E-state index contributed by atoms with van der Waals surface area (Å²) in [7, 11) is 0. The fourth-order valence-corrected chi connectivity index (χ4v) is 3.56. The quantitative estimate of drug-likeness (QED) is 0.862. The first-order valence-corrected chi connectivity index (χ1v) is 8.32. The van der Waals surface area contributed by atoms with Crippen molar-refractivity contribution in [1.29, 1.82) is 0 Å². The Labute approximate surface area is 127 Å². The van der Waals surface area contributed by atoms with E-state index in [1.165, 1.54) is 38.6 Å². The molecule has 2 unspecified atom stereocenters. The standard InChI is InChI=1S/C16H27N5/c1-13(12-15-4-2-7-17-15)20-14-5-10-21(11-6-14)16-18-8-3-9-19-16/h3,8-9,13-15,17,20H,2,4-7,10-12H2,1H3. The molecule has 0 aliphatic carbocycles. The third-order valence-corrected chi connectivity index (χ3v) is 4.65. The van der Waals surface area contributed by atoms with E-state index in [1.54, 1.807) is 0 Å². The van der Waals surface area contributed by atoms with Crippen LogP contribution in [-0.2, 0) is 0 Å². The summed E-state index contributed by atoms with van der Waals surface area (Å²) in [6.45, 7) is 5.63. The minimum atomic E-state index is 0.602. The van der Waals surface area contributed by atoms with E-state index in [4.69, 9.17) is 0 Å². The van der Waals surface area contributed by atoms with Crippen molar-refractivity contribution >= 4 is 5.95 Å². The molecule has 2 N–H and O–H groups in total. The molecule has 3 rings (SSSR count). The molecule has 1 aromatic rings. The predicted molar refractivity (Wildman–Crippen MR) is 85.5 cm³/mol. The lowest BCUT2D eigenvalue weighted by Crippen LogP contribution is -2.47. The summed E-state index contributed by atoms with van der Waals surface area (Å²) < 4.78 is 0. The molecule has 2 aliphatic heterocycles. The smallest absolute Gasteiger partial charge is 0.225 e. The van der Waals surface area contributed by atoms with Gasteiger partial charge in [-0.3, -0.25) is 0 Å². The third-order valence-electron chi connectivity index (χ3n) is 4.65. The molecule has 2 fully saturated rings. The van der Waals surface area contributed by atoms with Crippen molar-refractivity contribution in [1.82, 2.24) is 20.6 Å². The summed E-state index contributed by atoms with van der Waals surface area (Å²) in [5.74, 6) is 0.874. The number of nitrogens with zero attached hydrogens (tertiary/aromatic N) is 3. The van der Waals surface area contributed by atoms with Gasteiger partial charge in [0.1, 0.15) is 0 Å². The van der Waals surface area contributed by atoms with Gasteiger partial charge in [-0.15, -0.1) is 0 Å². The number of rotatable bonds is 5. The van der Waals surface area contributed by atoms with Crippen LogP contribution in [0.4, 0.5) is 5.95 Å². The van der Waals surface area contributed by atoms with Crippen LogP contribution in [0, 0.1) is 0 Å². The van der Waals surface area contributed by atoms with Gasteiger partial charge in [-0.2, -0.15) is 0 Å². The van der Waals surface area contributed by atoms with Crippen molar-refractivity contribution in [3.05, 3.63) is 18.5 Å². The van der Waals surface area contributed by atoms with Gasteiger partial charge in [-0.05, 0) is 51.6 Å². The van der Waals surface area contributed by atoms with Crippen LogP contribution in [-0.4, -0.2) is 47.7 Å². The van der Waals surface area contributed by atoms with Gasteiger partial charge in [0.15, 0.2) is 0 Å². The summed E-state index contributed by atoms with van der Waals surface area (Å²) in [4.78, 5) is 11.0. The van der Waals surface area contributed by atoms with Gasteiger partial charge in [0.05, 0.1) is 0 Å². The van der Waals surface area contributed by atoms with Crippen molar-refractivity contribution in [2.24, 2.45) is 0 Å². The lowest BCUT2D eigenvalue weighted by Gasteiger charge is -2.34. The average Bonchev–Trinajstić information content (AvgIpc) is 3.02. The maximum absolute atomic E-state index is 4.34. The second-order valence-corrected chi connectivity index (χ2v) is 6.41. The van der Waals surface area contributed by atoms with E-state index in [2.05, 4.69) is 32.4 Å². The number of anilines is 1. The van der Waals surface area contributed by atoms with Crippen LogP contribution in [0.2, 0.25) is 0 Å². The molecule has 1 aromatic heterocycles. The van der Waals surface area contributed by atoms with Crippen LogP contribution >= 0.6 is 0 Å². The zero-order valence-corrected chi connectivity index (χ0v) is 13.0. The van der Waals surface area contributed by atoms with E-state index in [0.717, 1.165) is 25.1 Å². The first kappa shape index (κ1) is 14.7. The highest BCUT2D eigenvalue weighted by atomic mass is 15.3. The van der Waals surface area contributed by atoms with Gasteiger partial charge in [0, 0.05) is 43.6 Å². The lowest BCUT2D eigenvalue weighted by atomic mass is 10.0. The largest absolute Gasteiger partial charge is 0.341 e. The van der Waals surface area contributed by atoms with Crippen LogP contribution in [0.15, 0.2) is 18.5 Å². The minimum absolute atomic E-state index is 0.602. The van der Waals surface area contributed by atoms with Crippen LogP contribution in [0.5, 0.6) is 0 Å². The lowest BCUT2D eigenvalue weighted by molar-refractivity contribution is 0.346. The maximum atomic E-state index is 4.34. The molecule has 0 amide bonds. The molecule has 0 bridgehead atoms. The topological polar surface area (TPSA) is 53.1 Å². The molecule has 5 nitrogen and oxygen atoms in total. The first-order chi connectivity index (χ1) is 10.3. The fourth-order valence-electron chi connectivity index (χ4n) is 3.56. The van der Waals surface area contributed by atoms with Gasteiger partial charge >= 0.3 is 0 Å². The monoisotopic (exact) mass is 289 g/mol. The highest BCUT2D eigenvalue weighted by molar-refractivity contribution is 5.29. The van der Waals surface area contributed by atoms with E-state index in [9.17, 15) is 0 Å². The normalized spacial score (nSPS) is 25.2. The Kier molecular flexibility index (Phi) is 5.04. The van der Waals surface area contributed by atoms with Crippen molar-refractivity contribution in [2.75, 3.05) is 24.5 Å². The van der Waals surface area contributed by atoms with Crippen LogP contribution in [0.1, 0.15) is 39.0 Å². The molecule has 2 aliphatic rings. The highest BCUT2D eigenvalue weighted by Gasteiger charge is 2.23. The average molecular weight is 289 g/mol. The van der Waals surface area contributed by atoms with Gasteiger partial charge in [-0.1, -0.05) is 0 Å². The zero-order chi connectivity index (χ0) is 14.5. The van der Waals surface area contributed by atoms with E-state index >= 15 is 0 Å². The van der Waals surface area contributed by atoms with Crippen LogP contribution in [0.3, 0.4) is 0 Å². The molecule has 0 saturated carbocycles.